The lowest BCUT2D eigenvalue weighted by Gasteiger charge is -2.41. The average molecular weight is 313 g/mol. The first-order valence-electron chi connectivity index (χ1n) is 7.96. The molecule has 2 aromatic rings. The Bertz CT molecular complexity index is 758. The molecule has 0 radical (unpaired) electrons. The third kappa shape index (κ3) is 2.56. The predicted molar refractivity (Wildman–Crippen MR) is 83.6 cm³/mol. The Hall–Kier alpha value is -2.44. The maximum atomic E-state index is 10.9. The van der Waals surface area contributed by atoms with Crippen LogP contribution in [0.15, 0.2) is 18.3 Å². The van der Waals surface area contributed by atoms with Gasteiger partial charge in [0.05, 0.1) is 12.7 Å². The van der Waals surface area contributed by atoms with Gasteiger partial charge in [-0.3, -0.25) is 0 Å². The van der Waals surface area contributed by atoms with Crippen LogP contribution >= 0.6 is 0 Å². The van der Waals surface area contributed by atoms with Crippen LogP contribution in [0.3, 0.4) is 0 Å². The van der Waals surface area contributed by atoms with E-state index in [0.717, 1.165) is 36.6 Å². The maximum absolute atomic E-state index is 10.9. The van der Waals surface area contributed by atoms with Gasteiger partial charge in [0.15, 0.2) is 5.69 Å². The van der Waals surface area contributed by atoms with Crippen molar-refractivity contribution in [3.63, 3.8) is 0 Å². The summed E-state index contributed by atoms with van der Waals surface area (Å²) in [6.45, 7) is 4.83. The number of carboxylic acids is 1. The number of carboxylic acid groups (broad SMARTS) is 1. The standard InChI is InChI=1S/C16H19N5O2/c1-2-12-11(7-21-8-13(15(22)23)18-19-21)3-4-14(17-12)20-9-16(10-20)5-6-16/h3-4,8H,2,5-7,9-10H2,1H3,(H,22,23). The number of pyridine rings is 1. The fourth-order valence-corrected chi connectivity index (χ4v) is 3.21. The summed E-state index contributed by atoms with van der Waals surface area (Å²) >= 11 is 0. The molecule has 2 aromatic heterocycles. The van der Waals surface area contributed by atoms with Crippen molar-refractivity contribution in [1.29, 1.82) is 0 Å². The highest BCUT2D eigenvalue weighted by atomic mass is 16.4. The molecule has 0 atom stereocenters. The van der Waals surface area contributed by atoms with Gasteiger partial charge in [0.2, 0.25) is 0 Å². The molecule has 120 valence electrons. The monoisotopic (exact) mass is 313 g/mol. The summed E-state index contributed by atoms with van der Waals surface area (Å²) in [6, 6.07) is 4.12. The third-order valence-electron chi connectivity index (χ3n) is 4.81. The molecule has 7 heteroatoms. The Kier molecular flexibility index (Phi) is 3.11. The van der Waals surface area contributed by atoms with Crippen molar-refractivity contribution in [3.8, 4) is 0 Å². The summed E-state index contributed by atoms with van der Waals surface area (Å²) in [6.07, 6.45) is 5.01. The van der Waals surface area contributed by atoms with Crippen molar-refractivity contribution in [2.75, 3.05) is 18.0 Å². The molecular formula is C16H19N5O2. The average Bonchev–Trinajstić information content (AvgIpc) is 3.18. The highest BCUT2D eigenvalue weighted by Gasteiger charge is 2.52. The van der Waals surface area contributed by atoms with Gasteiger partial charge in [0.1, 0.15) is 5.82 Å². The molecule has 1 aliphatic carbocycles. The SMILES string of the molecule is CCc1nc(N2CC3(CC3)C2)ccc1Cn1cc(C(=O)O)nn1. The molecular weight excluding hydrogens is 294 g/mol. The zero-order chi connectivity index (χ0) is 16.0. The van der Waals surface area contributed by atoms with Gasteiger partial charge in [-0.15, -0.1) is 5.10 Å². The van der Waals surface area contributed by atoms with Crippen LogP contribution in [0, 0.1) is 5.41 Å². The third-order valence-corrected chi connectivity index (χ3v) is 4.81. The summed E-state index contributed by atoms with van der Waals surface area (Å²) in [5.74, 6) is -0.0137. The molecule has 3 heterocycles. The number of hydrogen-bond acceptors (Lipinski definition) is 5. The Labute approximate surface area is 133 Å². The predicted octanol–water partition coefficient (Wildman–Crippen LogP) is 1.58. The van der Waals surface area contributed by atoms with Crippen molar-refractivity contribution in [2.24, 2.45) is 5.41 Å². The maximum Gasteiger partial charge on any atom is 0.358 e. The largest absolute Gasteiger partial charge is 0.476 e. The number of aromatic nitrogens is 4. The minimum Gasteiger partial charge on any atom is -0.476 e. The molecule has 23 heavy (non-hydrogen) atoms. The zero-order valence-electron chi connectivity index (χ0n) is 13.1. The molecule has 4 rings (SSSR count). The molecule has 0 unspecified atom stereocenters. The summed E-state index contributed by atoms with van der Waals surface area (Å²) in [4.78, 5) is 18.0. The van der Waals surface area contributed by atoms with E-state index >= 15 is 0 Å². The van der Waals surface area contributed by atoms with E-state index in [1.165, 1.54) is 19.0 Å². The normalized spacial score (nSPS) is 18.0. The van der Waals surface area contributed by atoms with Crippen LogP contribution in [0.1, 0.15) is 41.5 Å². The Morgan fingerprint density at radius 2 is 2.13 bits per heavy atom. The van der Waals surface area contributed by atoms with E-state index < -0.39 is 5.97 Å². The van der Waals surface area contributed by atoms with Crippen molar-refractivity contribution in [2.45, 2.75) is 32.7 Å². The van der Waals surface area contributed by atoms with Crippen LogP contribution in [0.2, 0.25) is 0 Å². The van der Waals surface area contributed by atoms with Crippen molar-refractivity contribution < 1.29 is 9.90 Å². The van der Waals surface area contributed by atoms with Crippen LogP contribution in [0.25, 0.3) is 0 Å². The van der Waals surface area contributed by atoms with Gasteiger partial charge in [-0.1, -0.05) is 18.2 Å². The molecule has 2 fully saturated rings. The zero-order valence-corrected chi connectivity index (χ0v) is 13.1. The van der Waals surface area contributed by atoms with Gasteiger partial charge >= 0.3 is 5.97 Å². The number of hydrogen-bond donors (Lipinski definition) is 1. The quantitative estimate of drug-likeness (QED) is 0.902. The van der Waals surface area contributed by atoms with Crippen molar-refractivity contribution in [1.82, 2.24) is 20.0 Å². The second-order valence-corrected chi connectivity index (χ2v) is 6.59. The lowest BCUT2D eigenvalue weighted by atomic mass is 9.97. The van der Waals surface area contributed by atoms with E-state index in [4.69, 9.17) is 10.1 Å². The lowest BCUT2D eigenvalue weighted by Crippen LogP contribution is -2.48. The fraction of sp³-hybridized carbons (Fsp3) is 0.500. The molecule has 1 aliphatic heterocycles. The van der Waals surface area contributed by atoms with E-state index in [-0.39, 0.29) is 5.69 Å². The first-order valence-corrected chi connectivity index (χ1v) is 7.96. The smallest absolute Gasteiger partial charge is 0.358 e. The molecule has 0 bridgehead atoms. The molecule has 1 N–H and O–H groups in total. The topological polar surface area (TPSA) is 84.1 Å². The van der Waals surface area contributed by atoms with E-state index in [9.17, 15) is 4.79 Å². The van der Waals surface area contributed by atoms with E-state index in [1.807, 2.05) is 0 Å². The highest BCUT2D eigenvalue weighted by Crippen LogP contribution is 2.53. The number of anilines is 1. The second kappa shape index (κ2) is 5.04. The van der Waals surface area contributed by atoms with E-state index in [2.05, 4.69) is 34.3 Å². The molecule has 1 saturated carbocycles. The lowest BCUT2D eigenvalue weighted by molar-refractivity contribution is 0.0690. The van der Waals surface area contributed by atoms with Gasteiger partial charge in [-0.2, -0.15) is 0 Å². The Morgan fingerprint density at radius 1 is 1.35 bits per heavy atom. The van der Waals surface area contributed by atoms with E-state index in [1.54, 1.807) is 4.68 Å². The van der Waals surface area contributed by atoms with Gasteiger partial charge in [-0.05, 0) is 30.9 Å². The van der Waals surface area contributed by atoms with Crippen LogP contribution in [-0.2, 0) is 13.0 Å². The minimum absolute atomic E-state index is 0.0389. The van der Waals surface area contributed by atoms with E-state index in [0.29, 0.717) is 12.0 Å². The molecule has 7 nitrogen and oxygen atoms in total. The van der Waals surface area contributed by atoms with Crippen LogP contribution < -0.4 is 4.90 Å². The van der Waals surface area contributed by atoms with Gasteiger partial charge < -0.3 is 10.0 Å². The molecule has 0 aromatic carbocycles. The molecule has 1 saturated heterocycles. The van der Waals surface area contributed by atoms with Crippen molar-refractivity contribution >= 4 is 11.8 Å². The van der Waals surface area contributed by atoms with Gasteiger partial charge in [0, 0.05) is 24.2 Å². The summed E-state index contributed by atoms with van der Waals surface area (Å²) in [5, 5.41) is 16.4. The Morgan fingerprint density at radius 3 is 2.74 bits per heavy atom. The van der Waals surface area contributed by atoms with Crippen LogP contribution in [0.4, 0.5) is 5.82 Å². The molecule has 1 spiro atoms. The number of aryl methyl sites for hydroxylation is 1. The number of rotatable bonds is 5. The van der Waals surface area contributed by atoms with Crippen LogP contribution in [0.5, 0.6) is 0 Å². The Balaban J connectivity index is 1.52. The first kappa shape index (κ1) is 14.2. The van der Waals surface area contributed by atoms with Crippen LogP contribution in [-0.4, -0.2) is 44.1 Å². The summed E-state index contributed by atoms with van der Waals surface area (Å²) in [7, 11) is 0. The second-order valence-electron chi connectivity index (χ2n) is 6.59. The summed E-state index contributed by atoms with van der Waals surface area (Å²) in [5.41, 5.74) is 2.66. The minimum atomic E-state index is -1.06. The van der Waals surface area contributed by atoms with Gasteiger partial charge in [-0.25, -0.2) is 14.5 Å². The fourth-order valence-electron chi connectivity index (χ4n) is 3.21. The molecule has 2 aliphatic rings. The first-order chi connectivity index (χ1) is 11.1. The summed E-state index contributed by atoms with van der Waals surface area (Å²) < 4.78 is 1.54. The molecule has 0 amide bonds. The highest BCUT2D eigenvalue weighted by molar-refractivity contribution is 5.84. The van der Waals surface area contributed by atoms with Crippen molar-refractivity contribution in [3.05, 3.63) is 35.3 Å². The number of carbonyl (C=O) groups is 1. The number of aromatic carboxylic acids is 1. The van der Waals surface area contributed by atoms with Gasteiger partial charge in [0.25, 0.3) is 0 Å². The number of nitrogens with zero attached hydrogens (tertiary/aromatic N) is 5.